The van der Waals surface area contributed by atoms with E-state index in [4.69, 9.17) is 5.11 Å². The summed E-state index contributed by atoms with van der Waals surface area (Å²) in [5, 5.41) is 17.8. The number of nitrogens with zero attached hydrogens (tertiary/aromatic N) is 1. The molecule has 0 spiro atoms. The number of halogens is 1. The van der Waals surface area contributed by atoms with Gasteiger partial charge in [0.1, 0.15) is 6.10 Å². The van der Waals surface area contributed by atoms with Crippen LogP contribution in [0.3, 0.4) is 0 Å². The van der Waals surface area contributed by atoms with Gasteiger partial charge in [-0.25, -0.2) is 0 Å². The Bertz CT molecular complexity index is 214. The Morgan fingerprint density at radius 1 is 1.36 bits per heavy atom. The first-order chi connectivity index (χ1) is 6.09. The minimum atomic E-state index is -0.820. The fraction of sp³-hybridized carbons (Fsp3) is 0.857. The highest BCUT2D eigenvalue weighted by molar-refractivity contribution is 5.85. The molecule has 1 fully saturated rings. The molecule has 0 aromatic carbocycles. The maximum atomic E-state index is 10.5. The minimum absolute atomic E-state index is 0. The maximum absolute atomic E-state index is 10.5. The van der Waals surface area contributed by atoms with Crippen LogP contribution in [-0.2, 0) is 9.63 Å². The average Bonchev–Trinajstić information content (AvgIpc) is 2.04. The number of aliphatic carboxylic acids is 1. The fourth-order valence-electron chi connectivity index (χ4n) is 1.54. The molecule has 0 aliphatic heterocycles. The van der Waals surface area contributed by atoms with E-state index >= 15 is 0 Å². The van der Waals surface area contributed by atoms with Gasteiger partial charge in [-0.15, -0.1) is 22.5 Å². The van der Waals surface area contributed by atoms with Gasteiger partial charge >= 0.3 is 5.97 Å². The van der Waals surface area contributed by atoms with E-state index in [0.717, 1.165) is 0 Å². The summed E-state index contributed by atoms with van der Waals surface area (Å²) in [5.41, 5.74) is 0. The van der Waals surface area contributed by atoms with Crippen molar-refractivity contribution in [1.82, 2.24) is 0 Å². The van der Waals surface area contributed by atoms with Crippen LogP contribution in [-0.4, -0.2) is 22.3 Å². The van der Waals surface area contributed by atoms with E-state index in [2.05, 4.69) is 4.84 Å². The summed E-state index contributed by atoms with van der Waals surface area (Å²) in [6.45, 7) is 0. The standard InChI is InChI=1S/C7H11NO5.ClH/c9-7(10)5-1-3-6(4-2-5)13-8(11)12;/h5-6H,1-4H2,(H,9,10);1H. The fourth-order valence-corrected chi connectivity index (χ4v) is 1.54. The maximum Gasteiger partial charge on any atom is 0.306 e. The third-order valence-corrected chi connectivity index (χ3v) is 2.26. The SMILES string of the molecule is Cl.O=C(O)C1CCC(O[N+](=O)[O-])CC1. The van der Waals surface area contributed by atoms with Crippen molar-refractivity contribution in [1.29, 1.82) is 0 Å². The van der Waals surface area contributed by atoms with Gasteiger partial charge in [0.15, 0.2) is 0 Å². The zero-order valence-electron chi connectivity index (χ0n) is 7.42. The Balaban J connectivity index is 0.00000169. The molecule has 0 aromatic rings. The molecule has 14 heavy (non-hydrogen) atoms. The zero-order valence-corrected chi connectivity index (χ0v) is 8.24. The molecule has 1 saturated carbocycles. The van der Waals surface area contributed by atoms with Gasteiger partial charge in [-0.3, -0.25) is 4.79 Å². The average molecular weight is 226 g/mol. The Kier molecular flexibility index (Phi) is 5.22. The lowest BCUT2D eigenvalue weighted by Gasteiger charge is -2.23. The summed E-state index contributed by atoms with van der Waals surface area (Å²) in [4.78, 5) is 24.8. The molecule has 0 unspecified atom stereocenters. The van der Waals surface area contributed by atoms with Crippen LogP contribution in [0.5, 0.6) is 0 Å². The van der Waals surface area contributed by atoms with Gasteiger partial charge in [-0.1, -0.05) is 0 Å². The monoisotopic (exact) mass is 225 g/mol. The molecule has 1 aliphatic rings. The van der Waals surface area contributed by atoms with E-state index in [1.165, 1.54) is 0 Å². The summed E-state index contributed by atoms with van der Waals surface area (Å²) in [6, 6.07) is 0. The minimum Gasteiger partial charge on any atom is -0.481 e. The molecule has 6 nitrogen and oxygen atoms in total. The molecule has 1 N–H and O–H groups in total. The second kappa shape index (κ2) is 5.64. The molecule has 0 saturated heterocycles. The molecular weight excluding hydrogens is 214 g/mol. The quantitative estimate of drug-likeness (QED) is 0.577. The number of hydrogen-bond acceptors (Lipinski definition) is 4. The molecule has 0 aromatic heterocycles. The first-order valence-electron chi connectivity index (χ1n) is 4.13. The molecule has 82 valence electrons. The predicted octanol–water partition coefficient (Wildman–Crippen LogP) is 1.26. The van der Waals surface area contributed by atoms with Crippen LogP contribution in [0.4, 0.5) is 0 Å². The van der Waals surface area contributed by atoms with Crippen molar-refractivity contribution in [3.63, 3.8) is 0 Å². The Morgan fingerprint density at radius 3 is 2.21 bits per heavy atom. The molecule has 1 aliphatic carbocycles. The Labute approximate surface area is 86.8 Å². The topological polar surface area (TPSA) is 89.7 Å². The van der Waals surface area contributed by atoms with Gasteiger partial charge in [-0.05, 0) is 25.7 Å². The first kappa shape index (κ1) is 13.0. The summed E-state index contributed by atoms with van der Waals surface area (Å²) in [6.07, 6.45) is 1.43. The van der Waals surface area contributed by atoms with E-state index in [0.29, 0.717) is 25.7 Å². The third kappa shape index (κ3) is 3.78. The van der Waals surface area contributed by atoms with Gasteiger partial charge in [0.2, 0.25) is 0 Å². The number of carboxylic acid groups (broad SMARTS) is 1. The number of carboxylic acids is 1. The van der Waals surface area contributed by atoms with Crippen molar-refractivity contribution in [3.8, 4) is 0 Å². The normalized spacial score (nSPS) is 26.0. The van der Waals surface area contributed by atoms with Crippen LogP contribution in [0.2, 0.25) is 0 Å². The van der Waals surface area contributed by atoms with Crippen molar-refractivity contribution in [3.05, 3.63) is 10.1 Å². The lowest BCUT2D eigenvalue weighted by atomic mass is 9.88. The molecule has 0 radical (unpaired) electrons. The lowest BCUT2D eigenvalue weighted by Crippen LogP contribution is -2.27. The third-order valence-electron chi connectivity index (χ3n) is 2.26. The van der Waals surface area contributed by atoms with Crippen molar-refractivity contribution in [2.75, 3.05) is 0 Å². The van der Waals surface area contributed by atoms with Crippen LogP contribution >= 0.6 is 12.4 Å². The van der Waals surface area contributed by atoms with Gasteiger partial charge in [0.25, 0.3) is 5.09 Å². The largest absolute Gasteiger partial charge is 0.481 e. The molecule has 1 rings (SSSR count). The van der Waals surface area contributed by atoms with Gasteiger partial charge in [0.05, 0.1) is 5.92 Å². The van der Waals surface area contributed by atoms with Crippen molar-refractivity contribution < 1.29 is 19.8 Å². The Hall–Kier alpha value is -1.04. The predicted molar refractivity (Wildman–Crippen MR) is 48.7 cm³/mol. The van der Waals surface area contributed by atoms with Crippen molar-refractivity contribution in [2.45, 2.75) is 31.8 Å². The Morgan fingerprint density at radius 2 is 1.86 bits per heavy atom. The smallest absolute Gasteiger partial charge is 0.306 e. The van der Waals surface area contributed by atoms with Crippen LogP contribution in [0.15, 0.2) is 0 Å². The van der Waals surface area contributed by atoms with Crippen LogP contribution in [0.1, 0.15) is 25.7 Å². The lowest BCUT2D eigenvalue weighted by molar-refractivity contribution is -0.769. The van der Waals surface area contributed by atoms with Gasteiger partial charge < -0.3 is 9.94 Å². The highest BCUT2D eigenvalue weighted by Gasteiger charge is 2.27. The summed E-state index contributed by atoms with van der Waals surface area (Å²) in [7, 11) is 0. The van der Waals surface area contributed by atoms with E-state index in [1.54, 1.807) is 0 Å². The molecule has 7 heteroatoms. The second-order valence-electron chi connectivity index (χ2n) is 3.14. The van der Waals surface area contributed by atoms with Crippen LogP contribution in [0.25, 0.3) is 0 Å². The summed E-state index contributed by atoms with van der Waals surface area (Å²) in [5.74, 6) is -1.17. The molecule has 0 bridgehead atoms. The number of hydrogen-bond donors (Lipinski definition) is 1. The molecule has 0 amide bonds. The van der Waals surface area contributed by atoms with E-state index in [-0.39, 0.29) is 18.3 Å². The highest BCUT2D eigenvalue weighted by Crippen LogP contribution is 2.26. The summed E-state index contributed by atoms with van der Waals surface area (Å²) < 4.78 is 0. The molecular formula is C7H12ClNO5. The highest BCUT2D eigenvalue weighted by atomic mass is 35.5. The number of carbonyl (C=O) groups is 1. The first-order valence-corrected chi connectivity index (χ1v) is 4.13. The number of rotatable bonds is 3. The summed E-state index contributed by atoms with van der Waals surface area (Å²) >= 11 is 0. The van der Waals surface area contributed by atoms with Crippen LogP contribution < -0.4 is 0 Å². The van der Waals surface area contributed by atoms with Gasteiger partial charge in [-0.2, -0.15) is 0 Å². The van der Waals surface area contributed by atoms with Crippen LogP contribution in [0, 0.1) is 16.0 Å². The van der Waals surface area contributed by atoms with E-state index < -0.39 is 17.2 Å². The molecule has 0 heterocycles. The zero-order chi connectivity index (χ0) is 9.84. The second-order valence-corrected chi connectivity index (χ2v) is 3.14. The van der Waals surface area contributed by atoms with Gasteiger partial charge in [0, 0.05) is 0 Å². The van der Waals surface area contributed by atoms with Crippen molar-refractivity contribution in [2.24, 2.45) is 5.92 Å². The van der Waals surface area contributed by atoms with E-state index in [9.17, 15) is 14.9 Å². The van der Waals surface area contributed by atoms with E-state index in [1.807, 2.05) is 0 Å². The van der Waals surface area contributed by atoms with Crippen molar-refractivity contribution >= 4 is 18.4 Å². The molecule has 0 atom stereocenters.